The second-order valence-electron chi connectivity index (χ2n) is 4.19. The molecule has 2 unspecified atom stereocenters. The summed E-state index contributed by atoms with van der Waals surface area (Å²) in [5.41, 5.74) is 6.86. The Morgan fingerprint density at radius 3 is 1.83 bits per heavy atom. The summed E-state index contributed by atoms with van der Waals surface area (Å²) >= 11 is 0. The Morgan fingerprint density at radius 2 is 1.33 bits per heavy atom. The number of allylic oxidation sites excluding steroid dienone is 2. The Labute approximate surface area is 71.9 Å². The normalized spacial score (nSPS) is 33.7. The molecule has 3 aliphatic carbocycles. The predicted octanol–water partition coefficient (Wildman–Crippen LogP) is 2.97. The van der Waals surface area contributed by atoms with Gasteiger partial charge in [-0.25, -0.2) is 0 Å². The molecule has 0 nitrogen and oxygen atoms in total. The average Bonchev–Trinajstić information content (AvgIpc) is 2.98. The second-order valence-corrected chi connectivity index (χ2v) is 4.19. The van der Waals surface area contributed by atoms with Crippen molar-refractivity contribution in [3.63, 3.8) is 0 Å². The van der Waals surface area contributed by atoms with Crippen molar-refractivity contribution in [1.82, 2.24) is 0 Å². The van der Waals surface area contributed by atoms with Gasteiger partial charge in [0.05, 0.1) is 0 Å². The summed E-state index contributed by atoms with van der Waals surface area (Å²) < 4.78 is 0. The first-order chi connectivity index (χ1) is 5.95. The fraction of sp³-hybridized carbons (Fsp3) is 0.333. The van der Waals surface area contributed by atoms with Crippen LogP contribution in [0.15, 0.2) is 35.4 Å². The van der Waals surface area contributed by atoms with Crippen molar-refractivity contribution in [2.45, 2.75) is 24.7 Å². The van der Waals surface area contributed by atoms with Gasteiger partial charge in [0.15, 0.2) is 0 Å². The first kappa shape index (κ1) is 5.58. The van der Waals surface area contributed by atoms with E-state index in [2.05, 4.69) is 24.3 Å². The van der Waals surface area contributed by atoms with Gasteiger partial charge in [0.2, 0.25) is 0 Å². The minimum Gasteiger partial charge on any atom is -0.0620 e. The molecule has 0 saturated heterocycles. The molecule has 0 N–H and O–H groups in total. The zero-order chi connectivity index (χ0) is 7.71. The smallest absolute Gasteiger partial charge is 0.00918 e. The van der Waals surface area contributed by atoms with Crippen LogP contribution in [0.3, 0.4) is 0 Å². The van der Waals surface area contributed by atoms with Crippen molar-refractivity contribution in [3.05, 3.63) is 46.5 Å². The second kappa shape index (κ2) is 1.52. The van der Waals surface area contributed by atoms with E-state index in [-0.39, 0.29) is 0 Å². The van der Waals surface area contributed by atoms with Crippen LogP contribution in [-0.2, 0) is 0 Å². The lowest BCUT2D eigenvalue weighted by Crippen LogP contribution is -1.91. The molecule has 0 heteroatoms. The SMILES string of the molecule is c1ccc2c(c1)C1CC1=C1CC12. The van der Waals surface area contributed by atoms with Crippen molar-refractivity contribution in [3.8, 4) is 0 Å². The van der Waals surface area contributed by atoms with Crippen LogP contribution in [0.5, 0.6) is 0 Å². The Kier molecular flexibility index (Phi) is 0.705. The largest absolute Gasteiger partial charge is 0.0620 e. The van der Waals surface area contributed by atoms with Crippen molar-refractivity contribution < 1.29 is 0 Å². The number of hydrogen-bond acceptors (Lipinski definition) is 0. The molecule has 0 heterocycles. The molecule has 1 aromatic carbocycles. The zero-order valence-corrected chi connectivity index (χ0v) is 6.88. The fourth-order valence-corrected chi connectivity index (χ4v) is 2.77. The van der Waals surface area contributed by atoms with Gasteiger partial charge in [-0.2, -0.15) is 0 Å². The highest BCUT2D eigenvalue weighted by atomic mass is 14.5. The Hall–Kier alpha value is -1.04. The van der Waals surface area contributed by atoms with Crippen molar-refractivity contribution in [1.29, 1.82) is 0 Å². The summed E-state index contributed by atoms with van der Waals surface area (Å²) in [4.78, 5) is 0. The van der Waals surface area contributed by atoms with Gasteiger partial charge in [0.25, 0.3) is 0 Å². The maximum Gasteiger partial charge on any atom is 0.00918 e. The average molecular weight is 154 g/mol. The zero-order valence-electron chi connectivity index (χ0n) is 6.88. The van der Waals surface area contributed by atoms with Crippen LogP contribution in [0.2, 0.25) is 0 Å². The molecule has 0 spiro atoms. The van der Waals surface area contributed by atoms with Crippen LogP contribution in [0, 0.1) is 0 Å². The minimum absolute atomic E-state index is 0.856. The van der Waals surface area contributed by atoms with Crippen molar-refractivity contribution in [2.75, 3.05) is 0 Å². The molecule has 12 heavy (non-hydrogen) atoms. The van der Waals surface area contributed by atoms with Gasteiger partial charge >= 0.3 is 0 Å². The topological polar surface area (TPSA) is 0 Å². The summed E-state index contributed by atoms with van der Waals surface area (Å²) in [7, 11) is 0. The molecule has 3 aliphatic rings. The lowest BCUT2D eigenvalue weighted by molar-refractivity contribution is 1.04. The van der Waals surface area contributed by atoms with Gasteiger partial charge in [-0.1, -0.05) is 35.4 Å². The summed E-state index contributed by atoms with van der Waals surface area (Å²) in [6.07, 6.45) is 2.76. The lowest BCUT2D eigenvalue weighted by atomic mass is 9.96. The third-order valence-electron chi connectivity index (χ3n) is 3.53. The van der Waals surface area contributed by atoms with Crippen molar-refractivity contribution >= 4 is 0 Å². The van der Waals surface area contributed by atoms with Crippen molar-refractivity contribution in [2.24, 2.45) is 0 Å². The third-order valence-corrected chi connectivity index (χ3v) is 3.53. The highest BCUT2D eigenvalue weighted by Crippen LogP contribution is 2.66. The molecule has 2 saturated carbocycles. The van der Waals surface area contributed by atoms with Gasteiger partial charge < -0.3 is 0 Å². The van der Waals surface area contributed by atoms with E-state index in [1.54, 1.807) is 22.3 Å². The molecule has 0 aliphatic heterocycles. The molecular formula is C12H10. The maximum atomic E-state index is 2.32. The number of hydrogen-bond donors (Lipinski definition) is 0. The summed E-state index contributed by atoms with van der Waals surface area (Å²) in [6.45, 7) is 0. The lowest BCUT2D eigenvalue weighted by Gasteiger charge is -2.08. The van der Waals surface area contributed by atoms with Gasteiger partial charge in [0, 0.05) is 11.8 Å². The molecule has 58 valence electrons. The maximum absolute atomic E-state index is 2.32. The summed E-state index contributed by atoms with van der Waals surface area (Å²) in [5, 5.41) is 0. The molecule has 0 radical (unpaired) electrons. The van der Waals surface area contributed by atoms with Gasteiger partial charge in [-0.05, 0) is 24.0 Å². The molecule has 4 rings (SSSR count). The molecule has 2 atom stereocenters. The number of rotatable bonds is 0. The third kappa shape index (κ3) is 0.492. The fourth-order valence-electron chi connectivity index (χ4n) is 2.77. The van der Waals surface area contributed by atoms with E-state index < -0.39 is 0 Å². The molecule has 1 aromatic rings. The Bertz CT molecular complexity index is 373. The van der Waals surface area contributed by atoms with Crippen LogP contribution in [0.4, 0.5) is 0 Å². The molecule has 0 amide bonds. The first-order valence-electron chi connectivity index (χ1n) is 4.76. The Balaban J connectivity index is 2.06. The van der Waals surface area contributed by atoms with Crippen LogP contribution in [0.1, 0.15) is 35.8 Å². The predicted molar refractivity (Wildman–Crippen MR) is 48.2 cm³/mol. The molecule has 0 aromatic heterocycles. The van der Waals surface area contributed by atoms with E-state index in [9.17, 15) is 0 Å². The molecular weight excluding hydrogens is 144 g/mol. The van der Waals surface area contributed by atoms with E-state index in [1.807, 2.05) is 0 Å². The van der Waals surface area contributed by atoms with E-state index in [4.69, 9.17) is 0 Å². The molecule has 2 fully saturated rings. The van der Waals surface area contributed by atoms with Gasteiger partial charge in [0.1, 0.15) is 0 Å². The van der Waals surface area contributed by atoms with Crippen LogP contribution in [0.25, 0.3) is 0 Å². The minimum atomic E-state index is 0.856. The van der Waals surface area contributed by atoms with Crippen LogP contribution < -0.4 is 0 Å². The standard InChI is InChI=1S/C12H10/c1-2-4-8-7(3-1)9-5-11(9)12-6-10(8)12/h1-4,9-10H,5-6H2. The van der Waals surface area contributed by atoms with Crippen LogP contribution in [-0.4, -0.2) is 0 Å². The van der Waals surface area contributed by atoms with Crippen LogP contribution >= 0.6 is 0 Å². The summed E-state index contributed by atoms with van der Waals surface area (Å²) in [6, 6.07) is 9.01. The van der Waals surface area contributed by atoms with E-state index in [1.165, 1.54) is 12.8 Å². The monoisotopic (exact) mass is 154 g/mol. The van der Waals surface area contributed by atoms with E-state index >= 15 is 0 Å². The van der Waals surface area contributed by atoms with Gasteiger partial charge in [-0.15, -0.1) is 0 Å². The first-order valence-corrected chi connectivity index (χ1v) is 4.76. The highest BCUT2D eigenvalue weighted by Gasteiger charge is 2.49. The highest BCUT2D eigenvalue weighted by molar-refractivity contribution is 5.62. The van der Waals surface area contributed by atoms with Gasteiger partial charge in [-0.3, -0.25) is 0 Å². The quantitative estimate of drug-likeness (QED) is 0.504. The number of benzene rings is 1. The van der Waals surface area contributed by atoms with E-state index in [0.717, 1.165) is 11.8 Å². The number of fused-ring (bicyclic) bond motifs is 5. The Morgan fingerprint density at radius 1 is 0.833 bits per heavy atom. The van der Waals surface area contributed by atoms with E-state index in [0.29, 0.717) is 0 Å². The molecule has 0 bridgehead atoms. The summed E-state index contributed by atoms with van der Waals surface area (Å²) in [5.74, 6) is 1.71.